The Balaban J connectivity index is 1.79. The number of hydrogen-bond donors (Lipinski definition) is 0. The number of esters is 1. The van der Waals surface area contributed by atoms with E-state index in [1.165, 1.54) is 25.3 Å². The van der Waals surface area contributed by atoms with Gasteiger partial charge in [-0.3, -0.25) is 4.79 Å². The predicted molar refractivity (Wildman–Crippen MR) is 105 cm³/mol. The van der Waals surface area contributed by atoms with Crippen molar-refractivity contribution in [2.24, 2.45) is 0 Å². The van der Waals surface area contributed by atoms with Gasteiger partial charge in [-0.1, -0.05) is 48.5 Å². The second-order valence-corrected chi connectivity index (χ2v) is 8.03. The van der Waals surface area contributed by atoms with E-state index in [1.807, 2.05) is 30.3 Å². The molecule has 0 spiro atoms. The first kappa shape index (κ1) is 19.6. The van der Waals surface area contributed by atoms with Crippen molar-refractivity contribution < 1.29 is 22.7 Å². The van der Waals surface area contributed by atoms with Crippen molar-refractivity contribution in [3.63, 3.8) is 0 Å². The number of hydrogen-bond acceptors (Lipinski definition) is 5. The van der Waals surface area contributed by atoms with Crippen LogP contribution in [0.15, 0.2) is 88.7 Å². The maximum atomic E-state index is 13.0. The average molecular weight is 396 g/mol. The molecule has 0 unspecified atom stereocenters. The second kappa shape index (κ2) is 8.71. The number of benzene rings is 3. The predicted octanol–water partition coefficient (Wildman–Crippen LogP) is 3.81. The van der Waals surface area contributed by atoms with Crippen LogP contribution in [0.5, 0.6) is 5.75 Å². The highest BCUT2D eigenvalue weighted by Gasteiger charge is 2.22. The summed E-state index contributed by atoms with van der Waals surface area (Å²) in [5, 5.41) is 0. The summed E-state index contributed by atoms with van der Waals surface area (Å²) >= 11 is 0. The molecule has 5 nitrogen and oxygen atoms in total. The van der Waals surface area contributed by atoms with Gasteiger partial charge in [-0.2, -0.15) is 0 Å². The normalized spacial score (nSPS) is 11.0. The van der Waals surface area contributed by atoms with Gasteiger partial charge in [0.15, 0.2) is 0 Å². The molecule has 0 amide bonds. The fraction of sp³-hybridized carbons (Fsp3) is 0.136. The Bertz CT molecular complexity index is 1040. The molecular formula is C22H20O5S. The summed E-state index contributed by atoms with van der Waals surface area (Å²) in [6.45, 7) is 0.146. The standard InChI is InChI=1S/C22H20O5S/c1-26-19-11-13-20(14-12-19)28(24,25)21-10-6-5-9-18(21)15-22(23)27-16-17-7-3-2-4-8-17/h2-14H,15-16H2,1H3. The number of sulfone groups is 1. The summed E-state index contributed by atoms with van der Waals surface area (Å²) in [5.41, 5.74) is 1.27. The summed E-state index contributed by atoms with van der Waals surface area (Å²) < 4.78 is 36.4. The Morgan fingerprint density at radius 2 is 1.50 bits per heavy atom. The summed E-state index contributed by atoms with van der Waals surface area (Å²) in [7, 11) is -2.26. The fourth-order valence-electron chi connectivity index (χ4n) is 2.74. The van der Waals surface area contributed by atoms with E-state index >= 15 is 0 Å². The molecule has 0 saturated carbocycles. The third kappa shape index (κ3) is 4.58. The molecule has 0 aliphatic rings. The van der Waals surface area contributed by atoms with Crippen molar-refractivity contribution >= 4 is 15.8 Å². The minimum absolute atomic E-state index is 0.0943. The number of methoxy groups -OCH3 is 1. The number of rotatable bonds is 7. The van der Waals surface area contributed by atoms with Crippen LogP contribution < -0.4 is 4.74 Å². The molecule has 0 N–H and O–H groups in total. The lowest BCUT2D eigenvalue weighted by Gasteiger charge is -2.11. The largest absolute Gasteiger partial charge is 0.497 e. The Labute approximate surface area is 164 Å². The zero-order valence-electron chi connectivity index (χ0n) is 15.4. The van der Waals surface area contributed by atoms with E-state index in [1.54, 1.807) is 30.3 Å². The average Bonchev–Trinajstić information content (AvgIpc) is 2.73. The Morgan fingerprint density at radius 1 is 0.857 bits per heavy atom. The zero-order chi connectivity index (χ0) is 20.0. The minimum Gasteiger partial charge on any atom is -0.497 e. The highest BCUT2D eigenvalue weighted by Crippen LogP contribution is 2.26. The Hall–Kier alpha value is -3.12. The van der Waals surface area contributed by atoms with Crippen molar-refractivity contribution in [1.29, 1.82) is 0 Å². The van der Waals surface area contributed by atoms with Crippen LogP contribution in [0.25, 0.3) is 0 Å². The van der Waals surface area contributed by atoms with Crippen LogP contribution in [-0.4, -0.2) is 21.5 Å². The highest BCUT2D eigenvalue weighted by molar-refractivity contribution is 7.91. The van der Waals surface area contributed by atoms with E-state index < -0.39 is 15.8 Å². The van der Waals surface area contributed by atoms with E-state index in [4.69, 9.17) is 9.47 Å². The van der Waals surface area contributed by atoms with Crippen molar-refractivity contribution in [2.45, 2.75) is 22.8 Å². The van der Waals surface area contributed by atoms with Gasteiger partial charge in [0.1, 0.15) is 12.4 Å². The molecule has 3 rings (SSSR count). The van der Waals surface area contributed by atoms with Crippen LogP contribution in [-0.2, 0) is 32.4 Å². The SMILES string of the molecule is COc1ccc(S(=O)(=O)c2ccccc2CC(=O)OCc2ccccc2)cc1. The van der Waals surface area contributed by atoms with E-state index in [2.05, 4.69) is 0 Å². The molecule has 6 heteroatoms. The first-order valence-corrected chi connectivity index (χ1v) is 10.2. The van der Waals surface area contributed by atoms with Crippen LogP contribution in [0.4, 0.5) is 0 Å². The topological polar surface area (TPSA) is 69.7 Å². The van der Waals surface area contributed by atoms with Gasteiger partial charge in [-0.15, -0.1) is 0 Å². The summed E-state index contributed by atoms with van der Waals surface area (Å²) in [4.78, 5) is 12.5. The quantitative estimate of drug-likeness (QED) is 0.568. The van der Waals surface area contributed by atoms with Gasteiger partial charge in [0.25, 0.3) is 0 Å². The van der Waals surface area contributed by atoms with Gasteiger partial charge < -0.3 is 9.47 Å². The molecule has 0 saturated heterocycles. The number of carbonyl (C=O) groups excluding carboxylic acids is 1. The van der Waals surface area contributed by atoms with Crippen LogP contribution in [0.2, 0.25) is 0 Å². The van der Waals surface area contributed by atoms with Gasteiger partial charge >= 0.3 is 5.97 Å². The molecule has 0 radical (unpaired) electrons. The van der Waals surface area contributed by atoms with E-state index in [0.717, 1.165) is 5.56 Å². The molecule has 0 aliphatic heterocycles. The zero-order valence-corrected chi connectivity index (χ0v) is 16.2. The molecule has 0 fully saturated rings. The van der Waals surface area contributed by atoms with Crippen LogP contribution in [0, 0.1) is 0 Å². The van der Waals surface area contributed by atoms with Crippen LogP contribution >= 0.6 is 0 Å². The van der Waals surface area contributed by atoms with Gasteiger partial charge in [0.05, 0.1) is 23.3 Å². The Morgan fingerprint density at radius 3 is 2.18 bits per heavy atom. The van der Waals surface area contributed by atoms with Gasteiger partial charge in [-0.25, -0.2) is 8.42 Å². The van der Waals surface area contributed by atoms with E-state index in [9.17, 15) is 13.2 Å². The molecule has 0 aromatic heterocycles. The van der Waals surface area contributed by atoms with E-state index in [-0.39, 0.29) is 22.8 Å². The molecule has 0 bridgehead atoms. The van der Waals surface area contributed by atoms with Crippen molar-refractivity contribution in [2.75, 3.05) is 7.11 Å². The monoisotopic (exact) mass is 396 g/mol. The van der Waals surface area contributed by atoms with Gasteiger partial charge in [-0.05, 0) is 41.5 Å². The van der Waals surface area contributed by atoms with E-state index in [0.29, 0.717) is 11.3 Å². The molecule has 144 valence electrons. The first-order valence-electron chi connectivity index (χ1n) is 8.67. The molecule has 0 aliphatic carbocycles. The lowest BCUT2D eigenvalue weighted by atomic mass is 10.1. The van der Waals surface area contributed by atoms with Crippen molar-refractivity contribution in [3.05, 3.63) is 90.0 Å². The number of carbonyl (C=O) groups is 1. The molecular weight excluding hydrogens is 376 g/mol. The summed E-state index contributed by atoms with van der Waals surface area (Å²) in [6, 6.07) is 21.9. The van der Waals surface area contributed by atoms with Crippen molar-refractivity contribution in [1.82, 2.24) is 0 Å². The smallest absolute Gasteiger partial charge is 0.310 e. The lowest BCUT2D eigenvalue weighted by Crippen LogP contribution is -2.12. The summed E-state index contributed by atoms with van der Waals surface area (Å²) in [6.07, 6.45) is -0.127. The number of ether oxygens (including phenoxy) is 2. The minimum atomic E-state index is -3.77. The molecule has 0 heterocycles. The molecule has 3 aromatic rings. The van der Waals surface area contributed by atoms with Gasteiger partial charge in [0, 0.05) is 0 Å². The lowest BCUT2D eigenvalue weighted by molar-refractivity contribution is -0.144. The molecule has 0 atom stereocenters. The molecule has 3 aromatic carbocycles. The highest BCUT2D eigenvalue weighted by atomic mass is 32.2. The maximum absolute atomic E-state index is 13.0. The third-order valence-corrected chi connectivity index (χ3v) is 6.08. The third-order valence-electron chi connectivity index (χ3n) is 4.21. The Kier molecular flexibility index (Phi) is 6.11. The van der Waals surface area contributed by atoms with Crippen molar-refractivity contribution in [3.8, 4) is 5.75 Å². The first-order chi connectivity index (χ1) is 13.5. The van der Waals surface area contributed by atoms with Crippen LogP contribution in [0.1, 0.15) is 11.1 Å². The maximum Gasteiger partial charge on any atom is 0.310 e. The second-order valence-electron chi connectivity index (χ2n) is 6.11. The molecule has 28 heavy (non-hydrogen) atoms. The summed E-state index contributed by atoms with van der Waals surface area (Å²) in [5.74, 6) is 0.0814. The van der Waals surface area contributed by atoms with Gasteiger partial charge in [0.2, 0.25) is 9.84 Å². The van der Waals surface area contributed by atoms with Crippen LogP contribution in [0.3, 0.4) is 0 Å². The fourth-order valence-corrected chi connectivity index (χ4v) is 4.23.